The highest BCUT2D eigenvalue weighted by molar-refractivity contribution is 5.36. The number of nitrogens with two attached hydrogens (primary N) is 1. The van der Waals surface area contributed by atoms with Crippen molar-refractivity contribution < 1.29 is 9.47 Å². The third-order valence-corrected chi connectivity index (χ3v) is 3.59. The van der Waals surface area contributed by atoms with E-state index in [1.807, 2.05) is 13.0 Å². The minimum Gasteiger partial charge on any atom is -0.496 e. The molecule has 1 heterocycles. The summed E-state index contributed by atoms with van der Waals surface area (Å²) in [6.45, 7) is 7.57. The van der Waals surface area contributed by atoms with Gasteiger partial charge in [-0.1, -0.05) is 17.7 Å². The van der Waals surface area contributed by atoms with E-state index in [1.165, 1.54) is 11.1 Å². The predicted molar refractivity (Wildman–Crippen MR) is 76.4 cm³/mol. The second-order valence-electron chi connectivity index (χ2n) is 5.32. The maximum absolute atomic E-state index is 5.93. The van der Waals surface area contributed by atoms with Crippen LogP contribution in [0.25, 0.3) is 0 Å². The molecule has 1 fully saturated rings. The summed E-state index contributed by atoms with van der Waals surface area (Å²) in [6, 6.07) is 6.37. The number of rotatable bonds is 4. The van der Waals surface area contributed by atoms with Crippen molar-refractivity contribution in [2.75, 3.05) is 26.8 Å². The summed E-state index contributed by atoms with van der Waals surface area (Å²) in [4.78, 5) is 2.38. The van der Waals surface area contributed by atoms with Crippen LogP contribution in [-0.2, 0) is 11.3 Å². The summed E-state index contributed by atoms with van der Waals surface area (Å²) in [7, 11) is 1.72. The SMILES string of the molecule is COc1ccc(C)cc1CN1CCOC(C(C)N)C1. The minimum absolute atomic E-state index is 0.0715. The fourth-order valence-electron chi connectivity index (χ4n) is 2.47. The van der Waals surface area contributed by atoms with Gasteiger partial charge in [0, 0.05) is 31.2 Å². The second kappa shape index (κ2) is 6.37. The number of hydrogen-bond acceptors (Lipinski definition) is 4. The molecule has 1 aliphatic heterocycles. The van der Waals surface area contributed by atoms with Gasteiger partial charge in [-0.15, -0.1) is 0 Å². The second-order valence-corrected chi connectivity index (χ2v) is 5.32. The minimum atomic E-state index is 0.0715. The first-order chi connectivity index (χ1) is 9.10. The van der Waals surface area contributed by atoms with Crippen molar-refractivity contribution in [3.63, 3.8) is 0 Å². The van der Waals surface area contributed by atoms with Crippen LogP contribution in [0.5, 0.6) is 5.75 Å². The van der Waals surface area contributed by atoms with Crippen LogP contribution in [0.4, 0.5) is 0 Å². The van der Waals surface area contributed by atoms with Gasteiger partial charge in [0.2, 0.25) is 0 Å². The molecule has 0 radical (unpaired) electrons. The summed E-state index contributed by atoms with van der Waals surface area (Å²) in [5.74, 6) is 0.953. The molecule has 106 valence electrons. The first kappa shape index (κ1) is 14.3. The van der Waals surface area contributed by atoms with Crippen LogP contribution >= 0.6 is 0 Å². The molecule has 0 aromatic heterocycles. The van der Waals surface area contributed by atoms with Gasteiger partial charge in [-0.05, 0) is 19.9 Å². The lowest BCUT2D eigenvalue weighted by Gasteiger charge is -2.35. The van der Waals surface area contributed by atoms with Crippen molar-refractivity contribution >= 4 is 0 Å². The molecule has 2 unspecified atom stereocenters. The quantitative estimate of drug-likeness (QED) is 0.896. The van der Waals surface area contributed by atoms with E-state index in [2.05, 4.69) is 24.0 Å². The van der Waals surface area contributed by atoms with Gasteiger partial charge < -0.3 is 15.2 Å². The van der Waals surface area contributed by atoms with Crippen molar-refractivity contribution in [3.05, 3.63) is 29.3 Å². The van der Waals surface area contributed by atoms with Crippen LogP contribution in [0.1, 0.15) is 18.1 Å². The van der Waals surface area contributed by atoms with Crippen molar-refractivity contribution in [1.29, 1.82) is 0 Å². The number of aryl methyl sites for hydroxylation is 1. The molecule has 1 aromatic rings. The van der Waals surface area contributed by atoms with Crippen molar-refractivity contribution in [2.45, 2.75) is 32.5 Å². The van der Waals surface area contributed by atoms with E-state index in [4.69, 9.17) is 15.2 Å². The smallest absolute Gasteiger partial charge is 0.123 e. The molecule has 0 bridgehead atoms. The Bertz CT molecular complexity index is 421. The number of benzene rings is 1. The standard InChI is InChI=1S/C15H24N2O2/c1-11-4-5-14(18-3)13(8-11)9-17-6-7-19-15(10-17)12(2)16/h4-5,8,12,15H,6-7,9-10,16H2,1-3H3. The monoisotopic (exact) mass is 264 g/mol. The lowest BCUT2D eigenvalue weighted by atomic mass is 10.1. The Morgan fingerprint density at radius 3 is 3.00 bits per heavy atom. The molecule has 1 aromatic carbocycles. The average Bonchev–Trinajstić information content (AvgIpc) is 2.39. The third-order valence-electron chi connectivity index (χ3n) is 3.59. The lowest BCUT2D eigenvalue weighted by Crippen LogP contribution is -2.49. The zero-order chi connectivity index (χ0) is 13.8. The fraction of sp³-hybridized carbons (Fsp3) is 0.600. The van der Waals surface area contributed by atoms with Gasteiger partial charge in [-0.3, -0.25) is 4.90 Å². The van der Waals surface area contributed by atoms with Gasteiger partial charge in [0.1, 0.15) is 5.75 Å². The van der Waals surface area contributed by atoms with Crippen molar-refractivity contribution in [2.24, 2.45) is 5.73 Å². The summed E-state index contributed by atoms with van der Waals surface area (Å²) in [6.07, 6.45) is 0.129. The van der Waals surface area contributed by atoms with E-state index in [0.717, 1.165) is 32.0 Å². The van der Waals surface area contributed by atoms with E-state index in [9.17, 15) is 0 Å². The first-order valence-corrected chi connectivity index (χ1v) is 6.83. The molecule has 2 rings (SSSR count). The predicted octanol–water partition coefficient (Wildman–Crippen LogP) is 1.55. The van der Waals surface area contributed by atoms with Gasteiger partial charge in [-0.25, -0.2) is 0 Å². The Hall–Kier alpha value is -1.10. The van der Waals surface area contributed by atoms with Crippen molar-refractivity contribution in [3.8, 4) is 5.75 Å². The van der Waals surface area contributed by atoms with Crippen LogP contribution in [0.3, 0.4) is 0 Å². The number of methoxy groups -OCH3 is 1. The summed E-state index contributed by atoms with van der Waals surface area (Å²) in [5.41, 5.74) is 8.41. The van der Waals surface area contributed by atoms with E-state index in [0.29, 0.717) is 0 Å². The Morgan fingerprint density at radius 1 is 1.53 bits per heavy atom. The summed E-state index contributed by atoms with van der Waals surface area (Å²) >= 11 is 0. The van der Waals surface area contributed by atoms with Crippen LogP contribution in [-0.4, -0.2) is 43.9 Å². The van der Waals surface area contributed by atoms with E-state index in [-0.39, 0.29) is 12.1 Å². The largest absolute Gasteiger partial charge is 0.496 e. The molecule has 2 N–H and O–H groups in total. The summed E-state index contributed by atoms with van der Waals surface area (Å²) < 4.78 is 11.1. The zero-order valence-electron chi connectivity index (χ0n) is 12.1. The molecule has 0 saturated carbocycles. The number of nitrogens with zero attached hydrogens (tertiary/aromatic N) is 1. The molecule has 0 amide bonds. The number of ether oxygens (including phenoxy) is 2. The fourth-order valence-corrected chi connectivity index (χ4v) is 2.47. The molecule has 1 aliphatic rings. The number of hydrogen-bond donors (Lipinski definition) is 1. The van der Waals surface area contributed by atoms with Gasteiger partial charge in [0.15, 0.2) is 0 Å². The molecule has 4 heteroatoms. The van der Waals surface area contributed by atoms with Crippen LogP contribution in [0.15, 0.2) is 18.2 Å². The molecule has 4 nitrogen and oxygen atoms in total. The zero-order valence-corrected chi connectivity index (χ0v) is 12.1. The van der Waals surface area contributed by atoms with Crippen LogP contribution in [0, 0.1) is 6.92 Å². The third kappa shape index (κ3) is 3.69. The maximum Gasteiger partial charge on any atom is 0.123 e. The Labute approximate surface area is 115 Å². The lowest BCUT2D eigenvalue weighted by molar-refractivity contribution is -0.0405. The van der Waals surface area contributed by atoms with E-state index < -0.39 is 0 Å². The normalized spacial score (nSPS) is 22.2. The molecule has 1 saturated heterocycles. The average molecular weight is 264 g/mol. The van der Waals surface area contributed by atoms with Crippen LogP contribution in [0.2, 0.25) is 0 Å². The highest BCUT2D eigenvalue weighted by atomic mass is 16.5. The molecule has 2 atom stereocenters. The van der Waals surface area contributed by atoms with Crippen LogP contribution < -0.4 is 10.5 Å². The topological polar surface area (TPSA) is 47.7 Å². The number of morpholine rings is 1. The molecule has 0 aliphatic carbocycles. The van der Waals surface area contributed by atoms with Gasteiger partial charge in [0.25, 0.3) is 0 Å². The first-order valence-electron chi connectivity index (χ1n) is 6.83. The van der Waals surface area contributed by atoms with E-state index >= 15 is 0 Å². The van der Waals surface area contributed by atoms with Crippen molar-refractivity contribution in [1.82, 2.24) is 4.90 Å². The van der Waals surface area contributed by atoms with E-state index in [1.54, 1.807) is 7.11 Å². The molecular formula is C15H24N2O2. The maximum atomic E-state index is 5.93. The van der Waals surface area contributed by atoms with Gasteiger partial charge in [0.05, 0.1) is 19.8 Å². The Balaban J connectivity index is 2.06. The molecule has 19 heavy (non-hydrogen) atoms. The highest BCUT2D eigenvalue weighted by Crippen LogP contribution is 2.22. The van der Waals surface area contributed by atoms with Gasteiger partial charge >= 0.3 is 0 Å². The van der Waals surface area contributed by atoms with Gasteiger partial charge in [-0.2, -0.15) is 0 Å². The Kier molecular flexibility index (Phi) is 4.80. The Morgan fingerprint density at radius 2 is 2.32 bits per heavy atom. The molecular weight excluding hydrogens is 240 g/mol. The highest BCUT2D eigenvalue weighted by Gasteiger charge is 2.23. The molecule has 0 spiro atoms. The summed E-state index contributed by atoms with van der Waals surface area (Å²) in [5, 5.41) is 0.